The van der Waals surface area contributed by atoms with Crippen molar-refractivity contribution in [1.29, 1.82) is 0 Å². The summed E-state index contributed by atoms with van der Waals surface area (Å²) < 4.78 is 1.04. The van der Waals surface area contributed by atoms with E-state index in [2.05, 4.69) is 26.6 Å². The zero-order chi connectivity index (χ0) is 13.8. The maximum absolute atomic E-state index is 11.9. The van der Waals surface area contributed by atoms with Gasteiger partial charge in [0.25, 0.3) is 5.24 Å². The van der Waals surface area contributed by atoms with Gasteiger partial charge < -0.3 is 10.6 Å². The van der Waals surface area contributed by atoms with Gasteiger partial charge in [-0.2, -0.15) is 0 Å². The fourth-order valence-corrected chi connectivity index (χ4v) is 3.14. The molecule has 0 radical (unpaired) electrons. The van der Waals surface area contributed by atoms with E-state index in [-0.39, 0.29) is 17.2 Å². The maximum Gasteiger partial charge on any atom is 0.279 e. The average molecular weight is 343 g/mol. The Morgan fingerprint density at radius 1 is 1.58 bits per heavy atom. The number of halogens is 1. The van der Waals surface area contributed by atoms with Crippen LogP contribution in [0.4, 0.5) is 4.79 Å². The summed E-state index contributed by atoms with van der Waals surface area (Å²) in [6, 6.07) is 7.57. The Kier molecular flexibility index (Phi) is 4.87. The molecule has 2 atom stereocenters. The third-order valence-electron chi connectivity index (χ3n) is 2.86. The summed E-state index contributed by atoms with van der Waals surface area (Å²) in [6.07, 6.45) is 0.751. The minimum absolute atomic E-state index is 0.0219. The zero-order valence-corrected chi connectivity index (χ0v) is 12.9. The Morgan fingerprint density at radius 2 is 2.32 bits per heavy atom. The first-order valence-electron chi connectivity index (χ1n) is 6.03. The van der Waals surface area contributed by atoms with E-state index < -0.39 is 6.04 Å². The normalized spacial score (nSPS) is 19.9. The molecule has 1 aromatic carbocycles. The van der Waals surface area contributed by atoms with Crippen LogP contribution in [0, 0.1) is 0 Å². The molecule has 1 aromatic rings. The Balaban J connectivity index is 1.87. The molecule has 1 aliphatic heterocycles. The van der Waals surface area contributed by atoms with Gasteiger partial charge in [0.1, 0.15) is 6.04 Å². The number of carbonyl (C=O) groups is 2. The highest BCUT2D eigenvalue weighted by molar-refractivity contribution is 9.10. The summed E-state index contributed by atoms with van der Waals surface area (Å²) in [6.45, 7) is 1.96. The summed E-state index contributed by atoms with van der Waals surface area (Å²) in [7, 11) is 0. The number of amides is 2. The number of carbonyl (C=O) groups excluding carboxylic acids is 2. The maximum atomic E-state index is 11.9. The molecule has 1 fully saturated rings. The molecule has 19 heavy (non-hydrogen) atoms. The van der Waals surface area contributed by atoms with Crippen LogP contribution >= 0.6 is 27.7 Å². The second-order valence-electron chi connectivity index (χ2n) is 4.50. The van der Waals surface area contributed by atoms with Crippen molar-refractivity contribution in [3.05, 3.63) is 34.3 Å². The van der Waals surface area contributed by atoms with Crippen LogP contribution < -0.4 is 10.6 Å². The van der Waals surface area contributed by atoms with Crippen molar-refractivity contribution in [2.24, 2.45) is 0 Å². The first-order valence-corrected chi connectivity index (χ1v) is 7.81. The second kappa shape index (κ2) is 6.43. The predicted molar refractivity (Wildman–Crippen MR) is 80.2 cm³/mol. The van der Waals surface area contributed by atoms with Crippen molar-refractivity contribution in [3.8, 4) is 0 Å². The molecule has 0 spiro atoms. The smallest absolute Gasteiger partial charge is 0.279 e. The fraction of sp³-hybridized carbons (Fsp3) is 0.385. The minimum Gasteiger partial charge on any atom is -0.352 e. The highest BCUT2D eigenvalue weighted by Crippen LogP contribution is 2.18. The fourth-order valence-electron chi connectivity index (χ4n) is 1.91. The average Bonchev–Trinajstić information content (AvgIpc) is 2.79. The molecular formula is C13H15BrN2O2S. The predicted octanol–water partition coefficient (Wildman–Crippen LogP) is 2.32. The summed E-state index contributed by atoms with van der Waals surface area (Å²) in [5, 5.41) is 5.44. The molecule has 6 heteroatoms. The molecular weight excluding hydrogens is 328 g/mol. The standard InChI is InChI=1S/C13H15BrN2O2S/c1-8(6-9-4-2-3-5-10(9)14)15-12(17)11-7-19-13(18)16-11/h2-5,8,11H,6-7H2,1H3,(H,15,17)(H,16,18)/t8-,11+/m0/s1. The van der Waals surface area contributed by atoms with Crippen LogP contribution in [0.2, 0.25) is 0 Å². The van der Waals surface area contributed by atoms with Crippen LogP contribution in [-0.4, -0.2) is 29.0 Å². The van der Waals surface area contributed by atoms with Crippen LogP contribution in [0.1, 0.15) is 12.5 Å². The lowest BCUT2D eigenvalue weighted by Gasteiger charge is -2.17. The van der Waals surface area contributed by atoms with E-state index in [1.54, 1.807) is 0 Å². The molecule has 102 valence electrons. The number of hydrogen-bond donors (Lipinski definition) is 2. The quantitative estimate of drug-likeness (QED) is 0.882. The molecule has 1 aliphatic rings. The van der Waals surface area contributed by atoms with Gasteiger partial charge in [-0.3, -0.25) is 9.59 Å². The Hall–Kier alpha value is -1.01. The van der Waals surface area contributed by atoms with Crippen molar-refractivity contribution in [1.82, 2.24) is 10.6 Å². The van der Waals surface area contributed by atoms with Crippen molar-refractivity contribution in [2.45, 2.75) is 25.4 Å². The van der Waals surface area contributed by atoms with Crippen molar-refractivity contribution < 1.29 is 9.59 Å². The molecule has 0 aliphatic carbocycles. The second-order valence-corrected chi connectivity index (χ2v) is 6.35. The van der Waals surface area contributed by atoms with Gasteiger partial charge in [-0.25, -0.2) is 0 Å². The molecule has 2 amide bonds. The molecule has 2 rings (SSSR count). The number of nitrogens with one attached hydrogen (secondary N) is 2. The first-order chi connectivity index (χ1) is 9.06. The Labute approximate surface area is 124 Å². The summed E-state index contributed by atoms with van der Waals surface area (Å²) in [5.74, 6) is 0.393. The molecule has 0 bridgehead atoms. The van der Waals surface area contributed by atoms with Crippen molar-refractivity contribution in [2.75, 3.05) is 5.75 Å². The van der Waals surface area contributed by atoms with Gasteiger partial charge >= 0.3 is 0 Å². The van der Waals surface area contributed by atoms with E-state index >= 15 is 0 Å². The monoisotopic (exact) mass is 342 g/mol. The molecule has 2 N–H and O–H groups in total. The highest BCUT2D eigenvalue weighted by atomic mass is 79.9. The Morgan fingerprint density at radius 3 is 2.95 bits per heavy atom. The lowest BCUT2D eigenvalue weighted by molar-refractivity contribution is -0.122. The third kappa shape index (κ3) is 3.98. The molecule has 1 heterocycles. The van der Waals surface area contributed by atoms with Gasteiger partial charge in [-0.05, 0) is 25.0 Å². The van der Waals surface area contributed by atoms with E-state index in [0.717, 1.165) is 28.2 Å². The first kappa shape index (κ1) is 14.4. The minimum atomic E-state index is -0.404. The van der Waals surface area contributed by atoms with E-state index in [1.807, 2.05) is 31.2 Å². The van der Waals surface area contributed by atoms with Crippen LogP contribution in [0.15, 0.2) is 28.7 Å². The SMILES string of the molecule is C[C@@H](Cc1ccccc1Br)NC(=O)[C@H]1CSC(=O)N1. The number of rotatable bonds is 4. The summed E-state index contributed by atoms with van der Waals surface area (Å²) >= 11 is 4.64. The Bertz CT molecular complexity index is 495. The van der Waals surface area contributed by atoms with Gasteiger partial charge in [0.15, 0.2) is 0 Å². The van der Waals surface area contributed by atoms with E-state index in [0.29, 0.717) is 5.75 Å². The van der Waals surface area contributed by atoms with Crippen molar-refractivity contribution in [3.63, 3.8) is 0 Å². The van der Waals surface area contributed by atoms with Crippen LogP contribution in [0.25, 0.3) is 0 Å². The largest absolute Gasteiger partial charge is 0.352 e. The van der Waals surface area contributed by atoms with Crippen LogP contribution in [-0.2, 0) is 11.2 Å². The molecule has 0 saturated carbocycles. The lowest BCUT2D eigenvalue weighted by Crippen LogP contribution is -2.46. The number of thioether (sulfide) groups is 1. The van der Waals surface area contributed by atoms with Crippen molar-refractivity contribution >= 4 is 38.8 Å². The lowest BCUT2D eigenvalue weighted by atomic mass is 10.1. The summed E-state index contributed by atoms with van der Waals surface area (Å²) in [4.78, 5) is 23.0. The summed E-state index contributed by atoms with van der Waals surface area (Å²) in [5.41, 5.74) is 1.15. The van der Waals surface area contributed by atoms with Gasteiger partial charge in [-0.1, -0.05) is 45.9 Å². The highest BCUT2D eigenvalue weighted by Gasteiger charge is 2.28. The van der Waals surface area contributed by atoms with Crippen LogP contribution in [0.5, 0.6) is 0 Å². The van der Waals surface area contributed by atoms with Gasteiger partial charge in [0, 0.05) is 16.3 Å². The van der Waals surface area contributed by atoms with Crippen LogP contribution in [0.3, 0.4) is 0 Å². The number of hydrogen-bond acceptors (Lipinski definition) is 3. The van der Waals surface area contributed by atoms with E-state index in [9.17, 15) is 9.59 Å². The van der Waals surface area contributed by atoms with Gasteiger partial charge in [0.2, 0.25) is 5.91 Å². The topological polar surface area (TPSA) is 58.2 Å². The number of benzene rings is 1. The van der Waals surface area contributed by atoms with Gasteiger partial charge in [-0.15, -0.1) is 0 Å². The third-order valence-corrected chi connectivity index (χ3v) is 4.52. The molecule has 0 unspecified atom stereocenters. The molecule has 1 saturated heterocycles. The van der Waals surface area contributed by atoms with E-state index in [1.165, 1.54) is 0 Å². The van der Waals surface area contributed by atoms with E-state index in [4.69, 9.17) is 0 Å². The zero-order valence-electron chi connectivity index (χ0n) is 10.5. The molecule has 4 nitrogen and oxygen atoms in total. The van der Waals surface area contributed by atoms with Gasteiger partial charge in [0.05, 0.1) is 0 Å². The molecule has 0 aromatic heterocycles.